The molecule has 156 valence electrons. The van der Waals surface area contributed by atoms with Crippen molar-refractivity contribution in [3.05, 3.63) is 60.6 Å². The van der Waals surface area contributed by atoms with Crippen LogP contribution in [0.5, 0.6) is 0 Å². The second-order valence-electron chi connectivity index (χ2n) is 8.53. The van der Waals surface area contributed by atoms with E-state index >= 15 is 0 Å². The molecule has 2 aromatic carbocycles. The summed E-state index contributed by atoms with van der Waals surface area (Å²) >= 11 is 14.6. The van der Waals surface area contributed by atoms with Crippen molar-refractivity contribution < 1.29 is 14.6 Å². The Kier molecular flexibility index (Phi) is 6.73. The number of nitrogens with zero attached hydrogens (tertiary/aromatic N) is 1. The molecular weight excluding hydrogens is 540 g/mol. The molecule has 0 bridgehead atoms. The van der Waals surface area contributed by atoms with E-state index in [1.165, 1.54) is 4.90 Å². The normalized spacial score (nSPS) is 19.0. The van der Waals surface area contributed by atoms with Crippen molar-refractivity contribution in [1.82, 2.24) is 0 Å². The van der Waals surface area contributed by atoms with E-state index in [0.717, 1.165) is 15.2 Å². The lowest BCUT2D eigenvalue weighted by Crippen LogP contribution is -2.42. The van der Waals surface area contributed by atoms with E-state index in [2.05, 4.69) is 42.2 Å². The fraction of sp³-hybridized carbons (Fsp3) is 0.381. The SMILES string of the molecule is Cc1cc(I)cc2c1C(O)(c1ccc(Cl)cc1Cl)C(=O)N2COCC[Si](C)(C)C. The standard InChI is InChI=1S/C21H24Cl2INO3Si/c1-13-9-15(24)11-18-19(13)21(27,16-6-5-14(22)10-17(16)23)20(26)25(18)12-28-7-8-29(2,3)4/h5-6,9-11,27H,7-8,12H2,1-4H3. The molecule has 1 unspecified atom stereocenters. The summed E-state index contributed by atoms with van der Waals surface area (Å²) in [5.74, 6) is -0.463. The number of carbonyl (C=O) groups is 1. The number of hydrogen-bond acceptors (Lipinski definition) is 3. The van der Waals surface area contributed by atoms with Gasteiger partial charge in [0.05, 0.1) is 5.69 Å². The zero-order valence-corrected chi connectivity index (χ0v) is 21.5. The monoisotopic (exact) mass is 563 g/mol. The molecule has 2 aromatic rings. The average Bonchev–Trinajstić information content (AvgIpc) is 2.79. The summed E-state index contributed by atoms with van der Waals surface area (Å²) in [4.78, 5) is 15.0. The maximum Gasteiger partial charge on any atom is 0.270 e. The largest absolute Gasteiger partial charge is 0.372 e. The number of aliphatic hydroxyl groups is 1. The van der Waals surface area contributed by atoms with Crippen LogP contribution in [-0.4, -0.2) is 32.4 Å². The van der Waals surface area contributed by atoms with Gasteiger partial charge in [-0.1, -0.05) is 48.9 Å². The summed E-state index contributed by atoms with van der Waals surface area (Å²) < 4.78 is 6.83. The first-order chi connectivity index (χ1) is 13.4. The van der Waals surface area contributed by atoms with Crippen LogP contribution in [0.15, 0.2) is 30.3 Å². The van der Waals surface area contributed by atoms with Crippen molar-refractivity contribution in [2.24, 2.45) is 0 Å². The van der Waals surface area contributed by atoms with E-state index in [-0.39, 0.29) is 11.8 Å². The quantitative estimate of drug-likeness (QED) is 0.274. The number of halogens is 3. The number of aryl methyl sites for hydroxylation is 1. The number of rotatable bonds is 6. The third-order valence-corrected chi connectivity index (χ3v) is 7.90. The van der Waals surface area contributed by atoms with Crippen LogP contribution < -0.4 is 4.90 Å². The number of benzene rings is 2. The molecule has 1 atom stereocenters. The number of hydrogen-bond donors (Lipinski definition) is 1. The van der Waals surface area contributed by atoms with Gasteiger partial charge in [0.2, 0.25) is 0 Å². The fourth-order valence-corrected chi connectivity index (χ4v) is 5.58. The molecule has 4 nitrogen and oxygen atoms in total. The van der Waals surface area contributed by atoms with E-state index in [1.807, 2.05) is 19.1 Å². The first-order valence-corrected chi connectivity index (χ1v) is 14.9. The number of fused-ring (bicyclic) bond motifs is 1. The van der Waals surface area contributed by atoms with Gasteiger partial charge < -0.3 is 9.84 Å². The summed E-state index contributed by atoms with van der Waals surface area (Å²) in [6.45, 7) is 9.39. The first kappa shape index (κ1) is 23.0. The van der Waals surface area contributed by atoms with Crippen LogP contribution in [0.3, 0.4) is 0 Å². The molecule has 0 aromatic heterocycles. The Balaban J connectivity index is 2.03. The highest BCUT2D eigenvalue weighted by molar-refractivity contribution is 14.1. The van der Waals surface area contributed by atoms with Gasteiger partial charge in [-0.15, -0.1) is 0 Å². The maximum atomic E-state index is 13.5. The molecule has 1 aliphatic heterocycles. The van der Waals surface area contributed by atoms with E-state index in [1.54, 1.807) is 18.2 Å². The Morgan fingerprint density at radius 2 is 1.90 bits per heavy atom. The summed E-state index contributed by atoms with van der Waals surface area (Å²) in [7, 11) is -1.24. The van der Waals surface area contributed by atoms with Crippen LogP contribution in [-0.2, 0) is 15.1 Å². The zero-order valence-electron chi connectivity index (χ0n) is 16.9. The van der Waals surface area contributed by atoms with Crippen LogP contribution in [0.2, 0.25) is 35.7 Å². The van der Waals surface area contributed by atoms with E-state index in [0.29, 0.717) is 28.4 Å². The van der Waals surface area contributed by atoms with Gasteiger partial charge in [-0.25, -0.2) is 0 Å². The van der Waals surface area contributed by atoms with Gasteiger partial charge in [-0.3, -0.25) is 9.69 Å². The summed E-state index contributed by atoms with van der Waals surface area (Å²) in [5, 5.41) is 12.4. The van der Waals surface area contributed by atoms with Crippen LogP contribution in [0.25, 0.3) is 0 Å². The van der Waals surface area contributed by atoms with Crippen molar-refractivity contribution in [2.75, 3.05) is 18.2 Å². The van der Waals surface area contributed by atoms with Crippen LogP contribution in [0.4, 0.5) is 5.69 Å². The Morgan fingerprint density at radius 3 is 2.52 bits per heavy atom. The molecule has 0 radical (unpaired) electrons. The van der Waals surface area contributed by atoms with Crippen molar-refractivity contribution in [2.45, 2.75) is 38.2 Å². The van der Waals surface area contributed by atoms with Gasteiger partial charge in [0.1, 0.15) is 6.73 Å². The molecular formula is C21H24Cl2INO3Si. The highest BCUT2D eigenvalue weighted by Crippen LogP contribution is 2.48. The highest BCUT2D eigenvalue weighted by atomic mass is 127. The molecule has 29 heavy (non-hydrogen) atoms. The third kappa shape index (κ3) is 4.52. The Bertz CT molecular complexity index is 964. The average molecular weight is 564 g/mol. The molecule has 1 N–H and O–H groups in total. The number of anilines is 1. The van der Waals surface area contributed by atoms with Gasteiger partial charge in [-0.2, -0.15) is 0 Å². The minimum Gasteiger partial charge on any atom is -0.372 e. The number of amides is 1. The molecule has 0 aliphatic carbocycles. The third-order valence-electron chi connectivity index (χ3n) is 5.02. The van der Waals surface area contributed by atoms with Crippen molar-refractivity contribution in [3.63, 3.8) is 0 Å². The van der Waals surface area contributed by atoms with Crippen molar-refractivity contribution >= 4 is 65.5 Å². The van der Waals surface area contributed by atoms with Crippen molar-refractivity contribution in [1.29, 1.82) is 0 Å². The lowest BCUT2D eigenvalue weighted by molar-refractivity contribution is -0.133. The summed E-state index contributed by atoms with van der Waals surface area (Å²) in [5.41, 5.74) is 0.456. The molecule has 0 saturated carbocycles. The molecule has 1 aliphatic rings. The van der Waals surface area contributed by atoms with Crippen LogP contribution >= 0.6 is 45.8 Å². The molecule has 8 heteroatoms. The van der Waals surface area contributed by atoms with E-state index in [9.17, 15) is 9.90 Å². The van der Waals surface area contributed by atoms with E-state index < -0.39 is 19.6 Å². The van der Waals surface area contributed by atoms with Gasteiger partial charge >= 0.3 is 0 Å². The minimum absolute atomic E-state index is 0.0867. The Morgan fingerprint density at radius 1 is 1.21 bits per heavy atom. The lowest BCUT2D eigenvalue weighted by Gasteiger charge is -2.25. The second kappa shape index (κ2) is 8.47. The topological polar surface area (TPSA) is 49.8 Å². The first-order valence-electron chi connectivity index (χ1n) is 9.33. The number of carbonyl (C=O) groups excluding carboxylic acids is 1. The zero-order chi connectivity index (χ0) is 21.6. The molecule has 3 rings (SSSR count). The van der Waals surface area contributed by atoms with Crippen molar-refractivity contribution in [3.8, 4) is 0 Å². The van der Waals surface area contributed by atoms with Gasteiger partial charge in [0.15, 0.2) is 5.60 Å². The smallest absolute Gasteiger partial charge is 0.270 e. The predicted molar refractivity (Wildman–Crippen MR) is 130 cm³/mol. The van der Waals surface area contributed by atoms with Gasteiger partial charge in [-0.05, 0) is 65.4 Å². The van der Waals surface area contributed by atoms with Crippen LogP contribution in [0.1, 0.15) is 16.7 Å². The summed E-state index contributed by atoms with van der Waals surface area (Å²) in [6.07, 6.45) is 0. The number of ether oxygens (including phenoxy) is 1. The fourth-order valence-electron chi connectivity index (χ4n) is 3.52. The Labute approximate surface area is 196 Å². The van der Waals surface area contributed by atoms with Gasteiger partial charge in [0, 0.05) is 39.4 Å². The van der Waals surface area contributed by atoms with E-state index in [4.69, 9.17) is 27.9 Å². The van der Waals surface area contributed by atoms with Crippen LogP contribution in [0, 0.1) is 10.5 Å². The lowest BCUT2D eigenvalue weighted by atomic mass is 9.85. The molecule has 1 amide bonds. The minimum atomic E-state index is -1.88. The van der Waals surface area contributed by atoms with Gasteiger partial charge in [0.25, 0.3) is 5.91 Å². The summed E-state index contributed by atoms with van der Waals surface area (Å²) in [6, 6.07) is 9.61. The molecule has 0 spiro atoms. The molecule has 1 heterocycles. The molecule has 0 saturated heterocycles. The maximum absolute atomic E-state index is 13.5. The molecule has 0 fully saturated rings. The Hall–Kier alpha value is -0.643. The highest BCUT2D eigenvalue weighted by Gasteiger charge is 2.53. The second-order valence-corrected chi connectivity index (χ2v) is 16.2. The predicted octanol–water partition coefficient (Wildman–Crippen LogP) is 5.80.